The number of carbonyl (C=O) groups is 1. The van der Waals surface area contributed by atoms with E-state index in [-0.39, 0.29) is 0 Å². The highest BCUT2D eigenvalue weighted by molar-refractivity contribution is 5.95. The van der Waals surface area contributed by atoms with Crippen LogP contribution in [0, 0.1) is 0 Å². The van der Waals surface area contributed by atoms with Crippen molar-refractivity contribution in [3.63, 3.8) is 0 Å². The Hall–Kier alpha value is -1.12. The smallest absolute Gasteiger partial charge is 0.345 e. The van der Waals surface area contributed by atoms with Crippen LogP contribution in [0.3, 0.4) is 0 Å². The molecule has 0 bridgehead atoms. The molecular weight excluding hydrogens is 112 g/mol. The first-order chi connectivity index (χ1) is 3.72. The molecule has 0 aliphatic heterocycles. The van der Waals surface area contributed by atoms with Crippen LogP contribution in [-0.4, -0.2) is 28.7 Å². The van der Waals surface area contributed by atoms with Gasteiger partial charge in [-0.2, -0.15) is 0 Å². The van der Waals surface area contributed by atoms with E-state index >= 15 is 0 Å². The zero-order chi connectivity index (χ0) is 6.57. The minimum atomic E-state index is -1.43. The number of rotatable bonds is 2. The molecule has 0 fully saturated rings. The first kappa shape index (κ1) is 6.88. The molecule has 0 unspecified atom stereocenters. The van der Waals surface area contributed by atoms with Crippen molar-refractivity contribution >= 4 is 11.9 Å². The molecule has 4 heteroatoms. The highest BCUT2D eigenvalue weighted by Crippen LogP contribution is 1.82. The summed E-state index contributed by atoms with van der Waals surface area (Å²) in [6.07, 6.45) is 0. The minimum Gasteiger partial charge on any atom is -0.477 e. The van der Waals surface area contributed by atoms with Crippen LogP contribution in [0.2, 0.25) is 0 Å². The van der Waals surface area contributed by atoms with Gasteiger partial charge in [0.2, 0.25) is 0 Å². The molecule has 0 aliphatic rings. The topological polar surface area (TPSA) is 74.6 Å². The van der Waals surface area contributed by atoms with Gasteiger partial charge in [-0.25, -0.2) is 9.59 Å². The molecule has 0 aromatic rings. The van der Waals surface area contributed by atoms with Gasteiger partial charge in [-0.05, 0) is 0 Å². The van der Waals surface area contributed by atoms with E-state index in [1.807, 2.05) is 0 Å². The molecule has 44 valence electrons. The maximum absolute atomic E-state index is 9.70. The van der Waals surface area contributed by atoms with Crippen LogP contribution in [0.15, 0.2) is 5.57 Å². The second kappa shape index (κ2) is 2.96. The minimum absolute atomic E-state index is 0.648. The third-order valence-electron chi connectivity index (χ3n) is 0.539. The number of carboxylic acids is 1. The Morgan fingerprint density at radius 2 is 2.12 bits per heavy atom. The van der Waals surface area contributed by atoms with Crippen molar-refractivity contribution in [1.29, 1.82) is 0 Å². The van der Waals surface area contributed by atoms with E-state index in [0.717, 1.165) is 5.94 Å². The molecule has 0 aromatic heterocycles. The Morgan fingerprint density at radius 3 is 2.12 bits per heavy atom. The summed E-state index contributed by atoms with van der Waals surface area (Å²) in [7, 11) is 0. The summed E-state index contributed by atoms with van der Waals surface area (Å²) in [5, 5.41) is 15.9. The van der Waals surface area contributed by atoms with E-state index in [1.165, 1.54) is 0 Å². The summed E-state index contributed by atoms with van der Waals surface area (Å²) in [5.74, 6) is -0.360. The molecule has 0 amide bonds. The van der Waals surface area contributed by atoms with Gasteiger partial charge in [0.05, 0.1) is 6.61 Å². The van der Waals surface area contributed by atoms with Gasteiger partial charge in [-0.1, -0.05) is 0 Å². The fourth-order valence-corrected chi connectivity index (χ4v) is 0.144. The molecule has 4 nitrogen and oxygen atoms in total. The Kier molecular flexibility index (Phi) is 2.54. The lowest BCUT2D eigenvalue weighted by atomic mass is 10.3. The summed E-state index contributed by atoms with van der Waals surface area (Å²) >= 11 is 0. The number of carbonyl (C=O) groups excluding carboxylic acids is 1. The lowest BCUT2D eigenvalue weighted by Crippen LogP contribution is -2.04. The molecule has 0 aromatic carbocycles. The monoisotopic (exact) mass is 116 g/mol. The largest absolute Gasteiger partial charge is 0.477 e. The van der Waals surface area contributed by atoms with Crippen LogP contribution in [0.25, 0.3) is 0 Å². The van der Waals surface area contributed by atoms with Gasteiger partial charge >= 0.3 is 5.97 Å². The van der Waals surface area contributed by atoms with E-state index in [9.17, 15) is 9.59 Å². The average Bonchev–Trinajstić information content (AvgIpc) is 1.69. The van der Waals surface area contributed by atoms with Crippen molar-refractivity contribution < 1.29 is 19.8 Å². The molecule has 0 radical (unpaired) electrons. The number of aliphatic carboxylic acids is 1. The Balaban J connectivity index is 4.14. The molecule has 0 heterocycles. The van der Waals surface area contributed by atoms with Gasteiger partial charge in [0, 0.05) is 0 Å². The number of hydrogen-bond donors (Lipinski definition) is 2. The molecule has 2 N–H and O–H groups in total. The first-order valence-electron chi connectivity index (χ1n) is 1.80. The molecule has 0 spiro atoms. The second-order valence-electron chi connectivity index (χ2n) is 1.04. The molecule has 0 rings (SSSR count). The summed E-state index contributed by atoms with van der Waals surface area (Å²) in [6.45, 7) is -0.765. The van der Waals surface area contributed by atoms with Crippen molar-refractivity contribution in [3.05, 3.63) is 5.57 Å². The molecular formula is C4H4O4. The lowest BCUT2D eigenvalue weighted by molar-refractivity contribution is -0.132. The highest BCUT2D eigenvalue weighted by atomic mass is 16.4. The maximum Gasteiger partial charge on any atom is 0.345 e. The maximum atomic E-state index is 9.70. The first-order valence-corrected chi connectivity index (χ1v) is 1.80. The number of hydrogen-bond acceptors (Lipinski definition) is 3. The van der Waals surface area contributed by atoms with Crippen molar-refractivity contribution in [1.82, 2.24) is 0 Å². The normalized spacial score (nSPS) is 7.62. The second-order valence-corrected chi connectivity index (χ2v) is 1.04. The van der Waals surface area contributed by atoms with Crippen LogP contribution >= 0.6 is 0 Å². The molecule has 0 atom stereocenters. The van der Waals surface area contributed by atoms with Gasteiger partial charge in [0.25, 0.3) is 0 Å². The summed E-state index contributed by atoms with van der Waals surface area (Å²) in [5.41, 5.74) is -0.648. The van der Waals surface area contributed by atoms with Crippen molar-refractivity contribution in [2.24, 2.45) is 0 Å². The quantitative estimate of drug-likeness (QED) is 0.352. The zero-order valence-electron chi connectivity index (χ0n) is 3.92. The zero-order valence-corrected chi connectivity index (χ0v) is 3.92. The Morgan fingerprint density at radius 1 is 1.62 bits per heavy atom. The number of aliphatic hydroxyl groups excluding tert-OH is 1. The van der Waals surface area contributed by atoms with Gasteiger partial charge < -0.3 is 10.2 Å². The number of carboxylic acid groups (broad SMARTS) is 1. The van der Waals surface area contributed by atoms with Crippen LogP contribution in [0.1, 0.15) is 0 Å². The third kappa shape index (κ3) is 1.55. The Bertz CT molecular complexity index is 142. The third-order valence-corrected chi connectivity index (χ3v) is 0.539. The predicted molar refractivity (Wildman–Crippen MR) is 23.9 cm³/mol. The van der Waals surface area contributed by atoms with Crippen molar-refractivity contribution in [3.8, 4) is 0 Å². The van der Waals surface area contributed by atoms with Gasteiger partial charge in [0.1, 0.15) is 11.5 Å². The SMILES string of the molecule is O=C=C(CO)C(=O)O. The average molecular weight is 116 g/mol. The van der Waals surface area contributed by atoms with Gasteiger partial charge in [0.15, 0.2) is 0 Å². The van der Waals surface area contributed by atoms with E-state index < -0.39 is 18.1 Å². The van der Waals surface area contributed by atoms with E-state index in [1.54, 1.807) is 0 Å². The fourth-order valence-electron chi connectivity index (χ4n) is 0.144. The lowest BCUT2D eigenvalue weighted by Gasteiger charge is -1.84. The van der Waals surface area contributed by atoms with E-state index in [0.29, 0.717) is 0 Å². The van der Waals surface area contributed by atoms with E-state index in [4.69, 9.17) is 10.2 Å². The number of aliphatic hydroxyl groups is 1. The Labute approximate surface area is 45.1 Å². The fraction of sp³-hybridized carbons (Fsp3) is 0.250. The van der Waals surface area contributed by atoms with Crippen LogP contribution < -0.4 is 0 Å². The summed E-state index contributed by atoms with van der Waals surface area (Å²) < 4.78 is 0. The summed E-state index contributed by atoms with van der Waals surface area (Å²) in [6, 6.07) is 0. The molecule has 8 heavy (non-hydrogen) atoms. The van der Waals surface area contributed by atoms with Crippen molar-refractivity contribution in [2.75, 3.05) is 6.61 Å². The molecule has 0 aliphatic carbocycles. The van der Waals surface area contributed by atoms with E-state index in [2.05, 4.69) is 0 Å². The van der Waals surface area contributed by atoms with Gasteiger partial charge in [-0.15, -0.1) is 0 Å². The molecule has 0 saturated heterocycles. The van der Waals surface area contributed by atoms with Crippen LogP contribution in [0.5, 0.6) is 0 Å². The van der Waals surface area contributed by atoms with Crippen LogP contribution in [0.4, 0.5) is 0 Å². The standard InChI is InChI=1S/C4H4O4/c5-1-3(2-6)4(7)8/h5H,1H2,(H,7,8). The molecule has 0 saturated carbocycles. The van der Waals surface area contributed by atoms with Crippen molar-refractivity contribution in [2.45, 2.75) is 0 Å². The highest BCUT2D eigenvalue weighted by Gasteiger charge is 2.03. The summed E-state index contributed by atoms with van der Waals surface area (Å²) in [4.78, 5) is 19.2. The predicted octanol–water partition coefficient (Wildman–Crippen LogP) is -1.18. The van der Waals surface area contributed by atoms with Crippen LogP contribution in [-0.2, 0) is 9.59 Å². The van der Waals surface area contributed by atoms with Gasteiger partial charge in [-0.3, -0.25) is 0 Å².